The molecule has 0 unspecified atom stereocenters. The van der Waals surface area contributed by atoms with E-state index in [2.05, 4.69) is 5.32 Å². The number of carbonyl (C=O) groups excluding carboxylic acids is 1. The van der Waals surface area contributed by atoms with Crippen LogP contribution < -0.4 is 5.32 Å². The molecular formula is C19H21F3N2O. The molecule has 0 saturated carbocycles. The summed E-state index contributed by atoms with van der Waals surface area (Å²) in [5.74, 6) is -0.304. The first kappa shape index (κ1) is 19.0. The second-order valence-corrected chi connectivity index (χ2v) is 6.07. The largest absolute Gasteiger partial charge is 0.416 e. The molecule has 2 aromatic carbocycles. The molecular weight excluding hydrogens is 329 g/mol. The van der Waals surface area contributed by atoms with E-state index in [0.29, 0.717) is 12.1 Å². The maximum absolute atomic E-state index is 12.7. The zero-order valence-corrected chi connectivity index (χ0v) is 14.2. The Labute approximate surface area is 145 Å². The minimum Gasteiger partial charge on any atom is -0.354 e. The fourth-order valence-corrected chi connectivity index (χ4v) is 2.59. The van der Waals surface area contributed by atoms with Crippen LogP contribution in [0.1, 0.15) is 22.7 Å². The standard InChI is InChI=1S/C19H21F3N2O/c1-24(2)17(15-8-4-3-5-9-15)13-23-18(25)12-14-7-6-10-16(11-14)19(20,21)22/h3-11,17H,12-13H2,1-2H3,(H,23,25)/t17-/m1/s1. The van der Waals surface area contributed by atoms with E-state index in [1.54, 1.807) is 0 Å². The van der Waals surface area contributed by atoms with Crippen LogP contribution in [0.4, 0.5) is 13.2 Å². The first-order chi connectivity index (χ1) is 11.8. The van der Waals surface area contributed by atoms with Gasteiger partial charge in [0.05, 0.1) is 18.0 Å². The third-order valence-corrected chi connectivity index (χ3v) is 3.92. The van der Waals surface area contributed by atoms with E-state index in [0.717, 1.165) is 17.7 Å². The number of rotatable bonds is 6. The lowest BCUT2D eigenvalue weighted by atomic mass is 10.1. The van der Waals surface area contributed by atoms with Gasteiger partial charge in [0.2, 0.25) is 5.91 Å². The molecule has 1 atom stereocenters. The average Bonchev–Trinajstić information content (AvgIpc) is 2.55. The Morgan fingerprint density at radius 2 is 1.76 bits per heavy atom. The van der Waals surface area contributed by atoms with Gasteiger partial charge in [-0.05, 0) is 31.3 Å². The zero-order valence-electron chi connectivity index (χ0n) is 14.2. The van der Waals surface area contributed by atoms with Crippen LogP contribution in [0.15, 0.2) is 54.6 Å². The van der Waals surface area contributed by atoms with Crippen molar-refractivity contribution in [3.8, 4) is 0 Å². The highest BCUT2D eigenvalue weighted by Crippen LogP contribution is 2.29. The topological polar surface area (TPSA) is 32.3 Å². The second kappa shape index (κ2) is 8.16. The van der Waals surface area contributed by atoms with Gasteiger partial charge in [-0.25, -0.2) is 0 Å². The van der Waals surface area contributed by atoms with Gasteiger partial charge in [-0.15, -0.1) is 0 Å². The van der Waals surface area contributed by atoms with Crippen LogP contribution in [0.25, 0.3) is 0 Å². The van der Waals surface area contributed by atoms with Crippen molar-refractivity contribution < 1.29 is 18.0 Å². The predicted octanol–water partition coefficient (Wildman–Crippen LogP) is 3.67. The molecule has 3 nitrogen and oxygen atoms in total. The third-order valence-electron chi connectivity index (χ3n) is 3.92. The fourth-order valence-electron chi connectivity index (χ4n) is 2.59. The van der Waals surface area contributed by atoms with Crippen molar-refractivity contribution in [3.63, 3.8) is 0 Å². The molecule has 0 fully saturated rings. The fraction of sp³-hybridized carbons (Fsp3) is 0.316. The van der Waals surface area contributed by atoms with Crippen molar-refractivity contribution >= 4 is 5.91 Å². The van der Waals surface area contributed by atoms with Crippen molar-refractivity contribution in [1.29, 1.82) is 0 Å². The predicted molar refractivity (Wildman–Crippen MR) is 91.0 cm³/mol. The summed E-state index contributed by atoms with van der Waals surface area (Å²) in [5, 5.41) is 2.81. The molecule has 1 N–H and O–H groups in total. The summed E-state index contributed by atoms with van der Waals surface area (Å²) in [6, 6.07) is 14.6. The summed E-state index contributed by atoms with van der Waals surface area (Å²) in [4.78, 5) is 14.1. The summed E-state index contributed by atoms with van der Waals surface area (Å²) in [6.07, 6.45) is -4.49. The van der Waals surface area contributed by atoms with E-state index in [1.165, 1.54) is 12.1 Å². The number of hydrogen-bond acceptors (Lipinski definition) is 2. The molecule has 0 radical (unpaired) electrons. The highest BCUT2D eigenvalue weighted by molar-refractivity contribution is 5.78. The Hall–Kier alpha value is -2.34. The molecule has 0 saturated heterocycles. The van der Waals surface area contributed by atoms with E-state index >= 15 is 0 Å². The van der Waals surface area contributed by atoms with E-state index in [-0.39, 0.29) is 18.4 Å². The van der Waals surface area contributed by atoms with Gasteiger partial charge in [0.15, 0.2) is 0 Å². The molecule has 1 amide bonds. The van der Waals surface area contributed by atoms with Crippen molar-refractivity contribution in [3.05, 3.63) is 71.3 Å². The van der Waals surface area contributed by atoms with E-state index in [1.807, 2.05) is 49.3 Å². The number of nitrogens with zero attached hydrogens (tertiary/aromatic N) is 1. The Bertz CT molecular complexity index is 699. The molecule has 0 aromatic heterocycles. The number of carbonyl (C=O) groups is 1. The average molecular weight is 350 g/mol. The van der Waals surface area contributed by atoms with Gasteiger partial charge < -0.3 is 10.2 Å². The maximum atomic E-state index is 12.7. The highest BCUT2D eigenvalue weighted by Gasteiger charge is 2.30. The van der Waals surface area contributed by atoms with Crippen LogP contribution in [-0.2, 0) is 17.4 Å². The quantitative estimate of drug-likeness (QED) is 0.862. The summed E-state index contributed by atoms with van der Waals surface area (Å²) in [5.41, 5.74) is 0.661. The van der Waals surface area contributed by atoms with E-state index < -0.39 is 11.7 Å². The summed E-state index contributed by atoms with van der Waals surface area (Å²) < 4.78 is 38.2. The van der Waals surface area contributed by atoms with Crippen molar-refractivity contribution in [1.82, 2.24) is 10.2 Å². The molecule has 0 aliphatic heterocycles. The number of alkyl halides is 3. The lowest BCUT2D eigenvalue weighted by Crippen LogP contribution is -2.35. The molecule has 134 valence electrons. The van der Waals surface area contributed by atoms with Gasteiger partial charge in [-0.1, -0.05) is 48.5 Å². The van der Waals surface area contributed by atoms with Gasteiger partial charge >= 0.3 is 6.18 Å². The summed E-state index contributed by atoms with van der Waals surface area (Å²) in [6.45, 7) is 0.384. The van der Waals surface area contributed by atoms with Crippen molar-refractivity contribution in [2.75, 3.05) is 20.6 Å². The van der Waals surface area contributed by atoms with E-state index in [4.69, 9.17) is 0 Å². The molecule has 2 rings (SSSR count). The molecule has 0 heterocycles. The number of halogens is 3. The Morgan fingerprint density at radius 3 is 2.36 bits per heavy atom. The maximum Gasteiger partial charge on any atom is 0.416 e. The van der Waals surface area contributed by atoms with E-state index in [9.17, 15) is 18.0 Å². The first-order valence-electron chi connectivity index (χ1n) is 7.91. The summed E-state index contributed by atoms with van der Waals surface area (Å²) >= 11 is 0. The van der Waals surface area contributed by atoms with Gasteiger partial charge in [0, 0.05) is 6.54 Å². The lowest BCUT2D eigenvalue weighted by molar-refractivity contribution is -0.137. The molecule has 25 heavy (non-hydrogen) atoms. The molecule has 0 aliphatic carbocycles. The molecule has 6 heteroatoms. The van der Waals surface area contributed by atoms with Crippen LogP contribution in [0, 0.1) is 0 Å². The van der Waals surface area contributed by atoms with Gasteiger partial charge in [0.1, 0.15) is 0 Å². The molecule has 0 spiro atoms. The second-order valence-electron chi connectivity index (χ2n) is 6.07. The van der Waals surface area contributed by atoms with Crippen LogP contribution in [0.5, 0.6) is 0 Å². The van der Waals surface area contributed by atoms with Gasteiger partial charge in [-0.2, -0.15) is 13.2 Å². The van der Waals surface area contributed by atoms with Crippen LogP contribution >= 0.6 is 0 Å². The van der Waals surface area contributed by atoms with Gasteiger partial charge in [-0.3, -0.25) is 4.79 Å². The number of amides is 1. The minimum absolute atomic E-state index is 0.00772. The SMILES string of the molecule is CN(C)[C@H](CNC(=O)Cc1cccc(C(F)(F)F)c1)c1ccccc1. The number of benzene rings is 2. The third kappa shape index (κ3) is 5.60. The lowest BCUT2D eigenvalue weighted by Gasteiger charge is -2.25. The Balaban J connectivity index is 1.98. The Kier molecular flexibility index (Phi) is 6.20. The normalized spacial score (nSPS) is 12.9. The first-order valence-corrected chi connectivity index (χ1v) is 7.91. The Morgan fingerprint density at radius 1 is 1.08 bits per heavy atom. The number of likely N-dealkylation sites (N-methyl/N-ethyl adjacent to an activating group) is 1. The van der Waals surface area contributed by atoms with Crippen molar-refractivity contribution in [2.24, 2.45) is 0 Å². The molecule has 2 aromatic rings. The van der Waals surface area contributed by atoms with Crippen molar-refractivity contribution in [2.45, 2.75) is 18.6 Å². The highest BCUT2D eigenvalue weighted by atomic mass is 19.4. The number of hydrogen-bond donors (Lipinski definition) is 1. The van der Waals surface area contributed by atoms with Crippen LogP contribution in [0.3, 0.4) is 0 Å². The van der Waals surface area contributed by atoms with Crippen LogP contribution in [0.2, 0.25) is 0 Å². The number of nitrogens with one attached hydrogen (secondary N) is 1. The zero-order chi connectivity index (χ0) is 18.4. The monoisotopic (exact) mass is 350 g/mol. The summed E-state index contributed by atoms with van der Waals surface area (Å²) in [7, 11) is 3.83. The van der Waals surface area contributed by atoms with Gasteiger partial charge in [0.25, 0.3) is 0 Å². The minimum atomic E-state index is -4.41. The smallest absolute Gasteiger partial charge is 0.354 e. The molecule has 0 bridgehead atoms. The molecule has 0 aliphatic rings. The van der Waals surface area contributed by atoms with Crippen LogP contribution in [-0.4, -0.2) is 31.4 Å².